The van der Waals surface area contributed by atoms with E-state index >= 15 is 0 Å². The van der Waals surface area contributed by atoms with E-state index in [4.69, 9.17) is 16.3 Å². The average molecular weight is 358 g/mol. The van der Waals surface area contributed by atoms with Crippen LogP contribution in [0.15, 0.2) is 18.2 Å². The van der Waals surface area contributed by atoms with Crippen molar-refractivity contribution >= 4 is 23.5 Å². The topological polar surface area (TPSA) is 66.8 Å². The lowest BCUT2D eigenvalue weighted by Gasteiger charge is -2.40. The van der Waals surface area contributed by atoms with Crippen molar-refractivity contribution in [2.75, 3.05) is 26.8 Å². The van der Waals surface area contributed by atoms with Gasteiger partial charge in [0.25, 0.3) is 5.91 Å². The Bertz CT molecular complexity index is 625. The van der Waals surface area contributed by atoms with E-state index in [0.29, 0.717) is 38.8 Å². The number of ether oxygens (including phenoxy) is 1. The molecule has 1 saturated heterocycles. The smallest absolute Gasteiger partial charge is 0.311 e. The van der Waals surface area contributed by atoms with E-state index in [-0.39, 0.29) is 23.0 Å². The van der Waals surface area contributed by atoms with Gasteiger partial charge in [0.1, 0.15) is 5.82 Å². The Morgan fingerprint density at radius 1 is 1.46 bits per heavy atom. The molecule has 0 radical (unpaired) electrons. The first-order valence-electron chi connectivity index (χ1n) is 7.86. The highest BCUT2D eigenvalue weighted by atomic mass is 35.5. The number of rotatable bonds is 6. The predicted octanol–water partition coefficient (Wildman–Crippen LogP) is 3.21. The van der Waals surface area contributed by atoms with Gasteiger partial charge in [-0.15, -0.1) is 0 Å². The quantitative estimate of drug-likeness (QED) is 0.794. The first-order valence-corrected chi connectivity index (χ1v) is 8.24. The normalized spacial score (nSPS) is 20.9. The van der Waals surface area contributed by atoms with Gasteiger partial charge in [0.05, 0.1) is 10.4 Å². The summed E-state index contributed by atoms with van der Waals surface area (Å²) in [5, 5.41) is 9.63. The first-order chi connectivity index (χ1) is 11.4. The number of hydrogen-bond acceptors (Lipinski definition) is 3. The number of amides is 1. The summed E-state index contributed by atoms with van der Waals surface area (Å²) >= 11 is 5.64. The number of likely N-dealkylation sites (tertiary alicyclic amines) is 1. The van der Waals surface area contributed by atoms with Gasteiger partial charge < -0.3 is 14.7 Å². The Labute approximate surface area is 145 Å². The van der Waals surface area contributed by atoms with Crippen molar-refractivity contribution in [3.8, 4) is 0 Å². The van der Waals surface area contributed by atoms with Crippen molar-refractivity contribution in [1.29, 1.82) is 0 Å². The molecule has 1 atom stereocenters. The zero-order chi connectivity index (χ0) is 17.7. The third kappa shape index (κ3) is 4.05. The summed E-state index contributed by atoms with van der Waals surface area (Å²) < 4.78 is 18.6. The number of methoxy groups -OCH3 is 1. The van der Waals surface area contributed by atoms with Crippen LogP contribution in [0.2, 0.25) is 5.02 Å². The number of aliphatic carboxylic acids is 1. The zero-order valence-electron chi connectivity index (χ0n) is 13.6. The average Bonchev–Trinajstić information content (AvgIpc) is 2.57. The van der Waals surface area contributed by atoms with Crippen LogP contribution in [0, 0.1) is 11.2 Å². The fraction of sp³-hybridized carbons (Fsp3) is 0.529. The van der Waals surface area contributed by atoms with Crippen LogP contribution in [-0.2, 0) is 9.53 Å². The van der Waals surface area contributed by atoms with E-state index in [0.717, 1.165) is 6.07 Å². The molecule has 1 aliphatic rings. The summed E-state index contributed by atoms with van der Waals surface area (Å²) in [5.74, 6) is -1.94. The molecule has 0 spiro atoms. The Kier molecular flexibility index (Phi) is 6.18. The molecule has 1 aromatic rings. The molecule has 132 valence electrons. The highest BCUT2D eigenvalue weighted by molar-refractivity contribution is 6.30. The van der Waals surface area contributed by atoms with Gasteiger partial charge >= 0.3 is 5.97 Å². The summed E-state index contributed by atoms with van der Waals surface area (Å²) in [7, 11) is 1.57. The van der Waals surface area contributed by atoms with Crippen molar-refractivity contribution in [2.24, 2.45) is 5.41 Å². The minimum Gasteiger partial charge on any atom is -0.481 e. The number of nitrogens with zero attached hydrogens (tertiary/aromatic N) is 1. The van der Waals surface area contributed by atoms with E-state index in [2.05, 4.69) is 0 Å². The first kappa shape index (κ1) is 18.7. The maximum Gasteiger partial charge on any atom is 0.311 e. The fourth-order valence-electron chi connectivity index (χ4n) is 3.16. The molecule has 5 nitrogen and oxygen atoms in total. The number of benzene rings is 1. The third-order valence-corrected chi connectivity index (χ3v) is 4.79. The molecular formula is C17H21ClFNO4. The number of carboxylic acid groups (broad SMARTS) is 1. The number of piperidine rings is 1. The van der Waals surface area contributed by atoms with Crippen molar-refractivity contribution in [1.82, 2.24) is 4.90 Å². The Balaban J connectivity index is 2.16. The Morgan fingerprint density at radius 3 is 2.83 bits per heavy atom. The van der Waals surface area contributed by atoms with Crippen LogP contribution in [0.25, 0.3) is 0 Å². The summed E-state index contributed by atoms with van der Waals surface area (Å²) in [4.78, 5) is 25.9. The SMILES string of the molecule is COCCC[C@]1(C(=O)O)CCCN(C(=O)c2ccc(Cl)c(F)c2)C1. The molecule has 0 saturated carbocycles. The van der Waals surface area contributed by atoms with Crippen LogP contribution in [0.5, 0.6) is 0 Å². The van der Waals surface area contributed by atoms with Crippen molar-refractivity contribution < 1.29 is 23.8 Å². The standard InChI is InChI=1S/C17H21ClFNO4/c1-24-9-3-7-17(16(22)23)6-2-8-20(11-17)15(21)12-4-5-13(18)14(19)10-12/h4-5,10H,2-3,6-9,11H2,1H3,(H,22,23)/t17-/m1/s1. The van der Waals surface area contributed by atoms with Crippen LogP contribution >= 0.6 is 11.6 Å². The minimum atomic E-state index is -0.975. The van der Waals surface area contributed by atoms with Gasteiger partial charge in [-0.2, -0.15) is 0 Å². The van der Waals surface area contributed by atoms with Gasteiger partial charge in [-0.25, -0.2) is 4.39 Å². The van der Waals surface area contributed by atoms with Crippen LogP contribution in [0.4, 0.5) is 4.39 Å². The molecule has 1 N–H and O–H groups in total. The lowest BCUT2D eigenvalue weighted by Crippen LogP contribution is -2.50. The molecule has 1 heterocycles. The van der Waals surface area contributed by atoms with E-state index in [1.165, 1.54) is 17.0 Å². The van der Waals surface area contributed by atoms with Gasteiger partial charge in [-0.1, -0.05) is 11.6 Å². The van der Waals surface area contributed by atoms with Crippen molar-refractivity contribution in [3.05, 3.63) is 34.6 Å². The second-order valence-corrected chi connectivity index (χ2v) is 6.55. The van der Waals surface area contributed by atoms with Crippen LogP contribution < -0.4 is 0 Å². The molecule has 24 heavy (non-hydrogen) atoms. The molecule has 7 heteroatoms. The van der Waals surface area contributed by atoms with E-state index in [1.54, 1.807) is 7.11 Å². The molecule has 1 aliphatic heterocycles. The van der Waals surface area contributed by atoms with Gasteiger partial charge in [-0.05, 0) is 43.9 Å². The van der Waals surface area contributed by atoms with Gasteiger partial charge in [0.15, 0.2) is 0 Å². The molecule has 0 aliphatic carbocycles. The van der Waals surface area contributed by atoms with Crippen molar-refractivity contribution in [3.63, 3.8) is 0 Å². The summed E-state index contributed by atoms with van der Waals surface area (Å²) in [6, 6.07) is 3.87. The van der Waals surface area contributed by atoms with E-state index < -0.39 is 17.2 Å². The number of halogens is 2. The number of carboxylic acids is 1. The Morgan fingerprint density at radius 2 is 2.21 bits per heavy atom. The van der Waals surface area contributed by atoms with Crippen LogP contribution in [0.3, 0.4) is 0 Å². The fourth-order valence-corrected chi connectivity index (χ4v) is 3.27. The highest BCUT2D eigenvalue weighted by Gasteiger charge is 2.43. The summed E-state index contributed by atoms with van der Waals surface area (Å²) in [6.07, 6.45) is 2.17. The largest absolute Gasteiger partial charge is 0.481 e. The van der Waals surface area contributed by atoms with Gasteiger partial charge in [0.2, 0.25) is 0 Å². The summed E-state index contributed by atoms with van der Waals surface area (Å²) in [6.45, 7) is 1.06. The van der Waals surface area contributed by atoms with E-state index in [1.807, 2.05) is 0 Å². The number of carbonyl (C=O) groups excluding carboxylic acids is 1. The van der Waals surface area contributed by atoms with Gasteiger partial charge in [0, 0.05) is 32.4 Å². The second-order valence-electron chi connectivity index (χ2n) is 6.14. The monoisotopic (exact) mass is 357 g/mol. The van der Waals surface area contributed by atoms with Crippen LogP contribution in [0.1, 0.15) is 36.0 Å². The maximum atomic E-state index is 13.6. The molecule has 1 fully saturated rings. The Hall–Kier alpha value is -1.66. The van der Waals surface area contributed by atoms with E-state index in [9.17, 15) is 19.1 Å². The maximum absolute atomic E-state index is 13.6. The predicted molar refractivity (Wildman–Crippen MR) is 87.7 cm³/mol. The van der Waals surface area contributed by atoms with Gasteiger partial charge in [-0.3, -0.25) is 9.59 Å². The molecule has 0 bridgehead atoms. The molecule has 1 aromatic carbocycles. The third-order valence-electron chi connectivity index (χ3n) is 4.49. The number of hydrogen-bond donors (Lipinski definition) is 1. The summed E-state index contributed by atoms with van der Waals surface area (Å²) in [5.41, 5.74) is -0.799. The zero-order valence-corrected chi connectivity index (χ0v) is 14.3. The number of carbonyl (C=O) groups is 2. The molecule has 2 rings (SSSR count). The molecule has 1 amide bonds. The minimum absolute atomic E-state index is 0.0513. The highest BCUT2D eigenvalue weighted by Crippen LogP contribution is 2.35. The van der Waals surface area contributed by atoms with Crippen LogP contribution in [-0.4, -0.2) is 48.7 Å². The molecule has 0 aromatic heterocycles. The second kappa shape index (κ2) is 7.94. The van der Waals surface area contributed by atoms with Crippen molar-refractivity contribution in [2.45, 2.75) is 25.7 Å². The lowest BCUT2D eigenvalue weighted by molar-refractivity contribution is -0.152. The lowest BCUT2D eigenvalue weighted by atomic mass is 9.76. The molecule has 0 unspecified atom stereocenters. The molecular weight excluding hydrogens is 337 g/mol.